The molecule has 6 heterocycles. The van der Waals surface area contributed by atoms with Gasteiger partial charge in [0.2, 0.25) is 15.9 Å². The van der Waals surface area contributed by atoms with E-state index < -0.39 is 10.0 Å². The van der Waals surface area contributed by atoms with Crippen molar-refractivity contribution >= 4 is 56.4 Å². The van der Waals surface area contributed by atoms with Gasteiger partial charge in [0, 0.05) is 69.0 Å². The highest BCUT2D eigenvalue weighted by Crippen LogP contribution is 2.36. The number of nitrogens with two attached hydrogens (primary N) is 1. The Morgan fingerprint density at radius 2 is 1.76 bits per heavy atom. The fourth-order valence-electron chi connectivity index (χ4n) is 6.73. The number of hydrogen-bond acceptors (Lipinski definition) is 9. The molecule has 0 aliphatic carbocycles. The molecule has 4 aliphatic rings. The molecule has 4 fully saturated rings. The molecule has 3 N–H and O–H groups in total. The highest BCUT2D eigenvalue weighted by atomic mass is 35.5. The van der Waals surface area contributed by atoms with Crippen LogP contribution in [-0.2, 0) is 14.8 Å². The first-order valence-corrected chi connectivity index (χ1v) is 17.9. The van der Waals surface area contributed by atoms with Gasteiger partial charge in [0.25, 0.3) is 5.91 Å². The predicted octanol–water partition coefficient (Wildman–Crippen LogP) is 2.33. The number of hydrogen-bond donors (Lipinski definition) is 2. The summed E-state index contributed by atoms with van der Waals surface area (Å²) in [4.78, 5) is 40.2. The Morgan fingerprint density at radius 1 is 0.978 bits per heavy atom. The Hall–Kier alpha value is -3.62. The van der Waals surface area contributed by atoms with E-state index in [-0.39, 0.29) is 41.1 Å². The average molecular weight is 656 g/mol. The number of amides is 2. The highest BCUT2D eigenvalue weighted by molar-refractivity contribution is 7.92. The van der Waals surface area contributed by atoms with Crippen LogP contribution in [0.3, 0.4) is 0 Å². The molecular formula is C30H38ClN9O4S. The second-order valence-electron chi connectivity index (χ2n) is 12.6. The number of aromatic nitrogens is 3. The zero-order valence-electron chi connectivity index (χ0n) is 25.2. The number of carbonyl (C=O) groups excluding carboxylic acids is 2. The summed E-state index contributed by atoms with van der Waals surface area (Å²) in [6, 6.07) is 7.90. The first kappa shape index (κ1) is 30.1. The standard InChI is InChI=1S/C30H38ClN9O4S/c1-45(43,44)35-23-8-7-19(31)14-20(23)30(42)39-13-3-2-6-25(39)24-15-27-33-26(36-9-4-10-36)16-28(40(27)34-24)38-17-21(22(32)18-38)29(41)37-11-5-12-37/h7-8,14-16,21-22,25,35H,2-6,9-13,17-18,32H2,1H3/t21?,22?,25-/m0/s1. The van der Waals surface area contributed by atoms with Crippen LogP contribution in [0.25, 0.3) is 5.65 Å². The molecule has 0 saturated carbocycles. The third-order valence-corrected chi connectivity index (χ3v) is 10.2. The van der Waals surface area contributed by atoms with Crippen molar-refractivity contribution in [2.24, 2.45) is 11.7 Å². The Morgan fingerprint density at radius 3 is 2.44 bits per heavy atom. The minimum Gasteiger partial charge on any atom is -0.356 e. The molecule has 3 aromatic rings. The van der Waals surface area contributed by atoms with Crippen LogP contribution in [0.5, 0.6) is 0 Å². The van der Waals surface area contributed by atoms with Gasteiger partial charge in [0.05, 0.1) is 35.2 Å². The normalized spacial score (nSPS) is 23.7. The van der Waals surface area contributed by atoms with E-state index in [9.17, 15) is 18.0 Å². The molecule has 13 nitrogen and oxygen atoms in total. The summed E-state index contributed by atoms with van der Waals surface area (Å²) in [5, 5.41) is 5.37. The van der Waals surface area contributed by atoms with Gasteiger partial charge in [0.15, 0.2) is 5.65 Å². The van der Waals surface area contributed by atoms with Crippen molar-refractivity contribution in [3.8, 4) is 0 Å². The van der Waals surface area contributed by atoms with Crippen LogP contribution in [0, 0.1) is 5.92 Å². The number of benzene rings is 1. The van der Waals surface area contributed by atoms with Gasteiger partial charge in [-0.05, 0) is 50.3 Å². The van der Waals surface area contributed by atoms with Crippen molar-refractivity contribution in [2.45, 2.75) is 44.2 Å². The summed E-state index contributed by atoms with van der Waals surface area (Å²) in [7, 11) is -3.63. The number of anilines is 3. The molecule has 0 spiro atoms. The molecule has 45 heavy (non-hydrogen) atoms. The highest BCUT2D eigenvalue weighted by Gasteiger charge is 2.40. The minimum absolute atomic E-state index is 0.118. The number of halogens is 1. The van der Waals surface area contributed by atoms with Crippen LogP contribution >= 0.6 is 11.6 Å². The maximum Gasteiger partial charge on any atom is 0.256 e. The van der Waals surface area contributed by atoms with E-state index >= 15 is 0 Å². The van der Waals surface area contributed by atoms with Crippen LogP contribution < -0.4 is 20.3 Å². The lowest BCUT2D eigenvalue weighted by Gasteiger charge is -2.35. The van der Waals surface area contributed by atoms with Crippen LogP contribution in [0.1, 0.15) is 54.2 Å². The van der Waals surface area contributed by atoms with Crippen LogP contribution in [0.2, 0.25) is 5.02 Å². The average Bonchev–Trinajstić information content (AvgIpc) is 3.54. The van der Waals surface area contributed by atoms with Gasteiger partial charge >= 0.3 is 0 Å². The van der Waals surface area contributed by atoms with Gasteiger partial charge in [-0.15, -0.1) is 0 Å². The molecule has 15 heteroatoms. The van der Waals surface area contributed by atoms with Gasteiger partial charge in [-0.1, -0.05) is 11.6 Å². The van der Waals surface area contributed by atoms with E-state index in [1.807, 2.05) is 21.5 Å². The smallest absolute Gasteiger partial charge is 0.256 e. The van der Waals surface area contributed by atoms with E-state index in [2.05, 4.69) is 14.5 Å². The Labute approximate surface area is 267 Å². The van der Waals surface area contributed by atoms with E-state index in [0.29, 0.717) is 42.4 Å². The van der Waals surface area contributed by atoms with Crippen molar-refractivity contribution in [1.29, 1.82) is 0 Å². The molecule has 0 bridgehead atoms. The zero-order chi connectivity index (χ0) is 31.5. The summed E-state index contributed by atoms with van der Waals surface area (Å²) in [6.07, 6.45) is 5.60. The van der Waals surface area contributed by atoms with E-state index in [4.69, 9.17) is 27.4 Å². The molecule has 3 atom stereocenters. The second kappa shape index (κ2) is 11.6. The lowest BCUT2D eigenvalue weighted by Crippen LogP contribution is -2.49. The number of nitrogens with zero attached hydrogens (tertiary/aromatic N) is 7. The molecular weight excluding hydrogens is 618 g/mol. The van der Waals surface area contributed by atoms with Crippen molar-refractivity contribution in [3.05, 3.63) is 46.6 Å². The van der Waals surface area contributed by atoms with E-state index in [1.54, 1.807) is 11.0 Å². The molecule has 2 unspecified atom stereocenters. The Kier molecular flexibility index (Phi) is 7.77. The topological polar surface area (TPSA) is 149 Å². The molecule has 4 saturated heterocycles. The first-order valence-electron chi connectivity index (χ1n) is 15.6. The SMILES string of the molecule is CS(=O)(=O)Nc1ccc(Cl)cc1C(=O)N1CCCC[C@H]1c1cc2nc(N3CCC3)cc(N3CC(N)C(C(=O)N4CCC4)C3)n2n1. The number of likely N-dealkylation sites (tertiary alicyclic amines) is 2. The van der Waals surface area contributed by atoms with Gasteiger partial charge in [-0.25, -0.2) is 13.4 Å². The van der Waals surface area contributed by atoms with E-state index in [0.717, 1.165) is 69.8 Å². The first-order chi connectivity index (χ1) is 21.6. The third-order valence-electron chi connectivity index (χ3n) is 9.38. The quantitative estimate of drug-likeness (QED) is 0.391. The van der Waals surface area contributed by atoms with Crippen LogP contribution in [0.4, 0.5) is 17.3 Å². The lowest BCUT2D eigenvalue weighted by atomic mass is 9.98. The monoisotopic (exact) mass is 655 g/mol. The minimum atomic E-state index is -3.63. The summed E-state index contributed by atoms with van der Waals surface area (Å²) >= 11 is 6.27. The molecule has 2 amide bonds. The maximum atomic E-state index is 14.1. The summed E-state index contributed by atoms with van der Waals surface area (Å²) in [5.74, 6) is 1.19. The molecule has 4 aliphatic heterocycles. The summed E-state index contributed by atoms with van der Waals surface area (Å²) < 4.78 is 28.4. The van der Waals surface area contributed by atoms with Crippen molar-refractivity contribution in [3.63, 3.8) is 0 Å². The lowest BCUT2D eigenvalue weighted by molar-refractivity contribution is -0.138. The third kappa shape index (κ3) is 5.79. The fourth-order valence-corrected chi connectivity index (χ4v) is 7.48. The number of piperidine rings is 1. The molecule has 2 aromatic heterocycles. The van der Waals surface area contributed by atoms with Crippen LogP contribution in [0.15, 0.2) is 30.3 Å². The van der Waals surface area contributed by atoms with Crippen molar-refractivity contribution in [1.82, 2.24) is 24.4 Å². The number of fused-ring (bicyclic) bond motifs is 1. The van der Waals surface area contributed by atoms with Crippen molar-refractivity contribution < 1.29 is 18.0 Å². The van der Waals surface area contributed by atoms with Gasteiger partial charge in [-0.2, -0.15) is 9.61 Å². The number of rotatable bonds is 7. The molecule has 240 valence electrons. The fraction of sp³-hybridized carbons (Fsp3) is 0.533. The van der Waals surface area contributed by atoms with Gasteiger partial charge in [0.1, 0.15) is 11.6 Å². The predicted molar refractivity (Wildman–Crippen MR) is 172 cm³/mol. The van der Waals surface area contributed by atoms with Gasteiger partial charge < -0.3 is 25.3 Å². The number of sulfonamides is 1. The maximum absolute atomic E-state index is 14.1. The zero-order valence-corrected chi connectivity index (χ0v) is 26.8. The number of carbonyl (C=O) groups is 2. The van der Waals surface area contributed by atoms with Gasteiger partial charge in [-0.3, -0.25) is 14.3 Å². The molecule has 7 rings (SSSR count). The number of nitrogens with one attached hydrogen (secondary N) is 1. The second-order valence-corrected chi connectivity index (χ2v) is 14.8. The Balaban J connectivity index is 1.24. The summed E-state index contributed by atoms with van der Waals surface area (Å²) in [5.41, 5.74) is 8.29. The molecule has 1 aromatic carbocycles. The summed E-state index contributed by atoms with van der Waals surface area (Å²) in [6.45, 7) is 4.95. The van der Waals surface area contributed by atoms with E-state index in [1.165, 1.54) is 12.1 Å². The van der Waals surface area contributed by atoms with Crippen LogP contribution in [-0.4, -0.2) is 103 Å². The molecule has 0 radical (unpaired) electrons. The van der Waals surface area contributed by atoms with Crippen molar-refractivity contribution in [2.75, 3.05) is 66.6 Å². The Bertz CT molecular complexity index is 1760. The largest absolute Gasteiger partial charge is 0.356 e.